The number of hydrogen-bond donors (Lipinski definition) is 2. The average Bonchev–Trinajstić information content (AvgIpc) is 2.93. The molecule has 0 unspecified atom stereocenters. The van der Waals surface area contributed by atoms with Gasteiger partial charge in [-0.25, -0.2) is 0 Å². The maximum Gasteiger partial charge on any atom is 0.256 e. The van der Waals surface area contributed by atoms with Crippen LogP contribution in [0.4, 0.5) is 5.69 Å². The fraction of sp³-hybridized carbons (Fsp3) is 0.158. The van der Waals surface area contributed by atoms with Gasteiger partial charge in [-0.15, -0.1) is 0 Å². The molecule has 0 saturated heterocycles. The predicted molar refractivity (Wildman–Crippen MR) is 91.7 cm³/mol. The van der Waals surface area contributed by atoms with Crippen molar-refractivity contribution in [1.82, 2.24) is 4.98 Å². The van der Waals surface area contributed by atoms with E-state index >= 15 is 0 Å². The zero-order chi connectivity index (χ0) is 16.0. The molecule has 23 heavy (non-hydrogen) atoms. The van der Waals surface area contributed by atoms with Gasteiger partial charge in [-0.3, -0.25) is 9.59 Å². The summed E-state index contributed by atoms with van der Waals surface area (Å²) in [5, 5.41) is 4.61. The summed E-state index contributed by atoms with van der Waals surface area (Å²) in [6.45, 7) is 1.83. The van der Waals surface area contributed by atoms with E-state index in [9.17, 15) is 9.59 Å². The molecule has 0 fully saturated rings. The standard InChI is InChI=1S/C19H16N2O2/c1-2-17(22)20-12-7-8-13-11(9-12)10-16-14-5-3-4-6-15(14)19(23)21-18(13)16/h3-9H,2,10H2,1H3,(H,20,22)(H,21,23). The first-order valence-electron chi connectivity index (χ1n) is 7.74. The van der Waals surface area contributed by atoms with E-state index in [0.29, 0.717) is 6.42 Å². The van der Waals surface area contributed by atoms with Crippen molar-refractivity contribution in [2.75, 3.05) is 5.32 Å². The molecule has 1 aliphatic carbocycles. The zero-order valence-electron chi connectivity index (χ0n) is 12.8. The Morgan fingerprint density at radius 3 is 2.74 bits per heavy atom. The highest BCUT2D eigenvalue weighted by atomic mass is 16.1. The van der Waals surface area contributed by atoms with Crippen molar-refractivity contribution in [3.8, 4) is 11.3 Å². The lowest BCUT2D eigenvalue weighted by molar-refractivity contribution is -0.115. The highest BCUT2D eigenvalue weighted by molar-refractivity contribution is 5.94. The molecule has 0 radical (unpaired) electrons. The lowest BCUT2D eigenvalue weighted by Gasteiger charge is -2.06. The molecule has 0 atom stereocenters. The third-order valence-electron chi connectivity index (χ3n) is 4.38. The number of nitrogens with one attached hydrogen (secondary N) is 2. The molecule has 3 aromatic rings. The number of carbonyl (C=O) groups is 1. The van der Waals surface area contributed by atoms with Gasteiger partial charge in [0.1, 0.15) is 0 Å². The van der Waals surface area contributed by atoms with E-state index in [-0.39, 0.29) is 11.5 Å². The number of anilines is 1. The molecule has 4 rings (SSSR count). The summed E-state index contributed by atoms with van der Waals surface area (Å²) in [6.07, 6.45) is 1.22. The maximum atomic E-state index is 12.3. The largest absolute Gasteiger partial charge is 0.326 e. The number of aromatic amines is 1. The molecule has 114 valence electrons. The van der Waals surface area contributed by atoms with Crippen LogP contribution in [0.15, 0.2) is 47.3 Å². The quantitative estimate of drug-likeness (QED) is 0.596. The van der Waals surface area contributed by atoms with E-state index < -0.39 is 0 Å². The molecule has 1 aliphatic rings. The van der Waals surface area contributed by atoms with Crippen LogP contribution in [0.1, 0.15) is 24.5 Å². The van der Waals surface area contributed by atoms with Gasteiger partial charge >= 0.3 is 0 Å². The minimum atomic E-state index is -0.0597. The summed E-state index contributed by atoms with van der Waals surface area (Å²) in [4.78, 5) is 26.9. The van der Waals surface area contributed by atoms with Crippen LogP contribution >= 0.6 is 0 Å². The molecule has 0 bridgehead atoms. The van der Waals surface area contributed by atoms with Gasteiger partial charge in [0.15, 0.2) is 0 Å². The summed E-state index contributed by atoms with van der Waals surface area (Å²) >= 11 is 0. The SMILES string of the molecule is CCC(=O)Nc1ccc2c(c1)Cc1c-2[nH]c(=O)c2ccccc12. The van der Waals surface area contributed by atoms with E-state index in [1.807, 2.05) is 49.4 Å². The first-order chi connectivity index (χ1) is 11.2. The van der Waals surface area contributed by atoms with E-state index in [4.69, 9.17) is 0 Å². The molecule has 0 saturated carbocycles. The van der Waals surface area contributed by atoms with Gasteiger partial charge in [0.05, 0.1) is 5.69 Å². The predicted octanol–water partition coefficient (Wildman–Crippen LogP) is 3.45. The zero-order valence-corrected chi connectivity index (χ0v) is 12.8. The van der Waals surface area contributed by atoms with Crippen LogP contribution in [0.3, 0.4) is 0 Å². The van der Waals surface area contributed by atoms with Crippen LogP contribution in [-0.2, 0) is 11.2 Å². The topological polar surface area (TPSA) is 62.0 Å². The Morgan fingerprint density at radius 1 is 1.17 bits per heavy atom. The molecule has 4 nitrogen and oxygen atoms in total. The smallest absolute Gasteiger partial charge is 0.256 e. The minimum Gasteiger partial charge on any atom is -0.326 e. The van der Waals surface area contributed by atoms with Crippen LogP contribution in [0.5, 0.6) is 0 Å². The van der Waals surface area contributed by atoms with Gasteiger partial charge in [0.25, 0.3) is 5.56 Å². The van der Waals surface area contributed by atoms with E-state index in [0.717, 1.165) is 45.3 Å². The molecule has 0 spiro atoms. The van der Waals surface area contributed by atoms with Crippen LogP contribution in [0.25, 0.3) is 22.0 Å². The Balaban J connectivity index is 1.85. The maximum absolute atomic E-state index is 12.3. The molecule has 4 heteroatoms. The first-order valence-corrected chi connectivity index (χ1v) is 7.74. The molecule has 2 N–H and O–H groups in total. The fourth-order valence-corrected chi connectivity index (χ4v) is 3.25. The number of pyridine rings is 1. The van der Waals surface area contributed by atoms with Gasteiger partial charge in [-0.2, -0.15) is 0 Å². The van der Waals surface area contributed by atoms with Crippen molar-refractivity contribution in [2.24, 2.45) is 0 Å². The number of carbonyl (C=O) groups excluding carboxylic acids is 1. The Bertz CT molecular complexity index is 1000. The molecule has 1 heterocycles. The van der Waals surface area contributed by atoms with E-state index in [1.54, 1.807) is 0 Å². The Morgan fingerprint density at radius 2 is 1.96 bits per heavy atom. The normalized spacial score (nSPS) is 12.0. The van der Waals surface area contributed by atoms with Crippen molar-refractivity contribution in [2.45, 2.75) is 19.8 Å². The second-order valence-electron chi connectivity index (χ2n) is 5.80. The lowest BCUT2D eigenvalue weighted by atomic mass is 10.0. The number of benzene rings is 2. The Hall–Kier alpha value is -2.88. The number of fused-ring (bicyclic) bond motifs is 5. The average molecular weight is 304 g/mol. The Kier molecular flexibility index (Phi) is 3.05. The van der Waals surface area contributed by atoms with Crippen LogP contribution in [0, 0.1) is 0 Å². The lowest BCUT2D eigenvalue weighted by Crippen LogP contribution is -2.09. The van der Waals surface area contributed by atoms with Crippen molar-refractivity contribution < 1.29 is 4.79 Å². The third kappa shape index (κ3) is 2.14. The van der Waals surface area contributed by atoms with Gasteiger partial charge in [0.2, 0.25) is 5.91 Å². The molecule has 0 aliphatic heterocycles. The number of H-pyrrole nitrogens is 1. The summed E-state index contributed by atoms with van der Waals surface area (Å²) in [6, 6.07) is 13.5. The Labute approximate surface area is 133 Å². The molecule has 1 amide bonds. The first kappa shape index (κ1) is 13.8. The van der Waals surface area contributed by atoms with Crippen LogP contribution in [0.2, 0.25) is 0 Å². The van der Waals surface area contributed by atoms with Crippen molar-refractivity contribution >= 4 is 22.4 Å². The van der Waals surface area contributed by atoms with Crippen molar-refractivity contribution in [1.29, 1.82) is 0 Å². The highest BCUT2D eigenvalue weighted by Gasteiger charge is 2.22. The summed E-state index contributed by atoms with van der Waals surface area (Å²) in [5.74, 6) is -0.000632. The molecular weight excluding hydrogens is 288 g/mol. The van der Waals surface area contributed by atoms with E-state index in [1.165, 1.54) is 0 Å². The third-order valence-corrected chi connectivity index (χ3v) is 4.38. The van der Waals surface area contributed by atoms with E-state index in [2.05, 4.69) is 10.3 Å². The molecule has 2 aromatic carbocycles. The molecule has 1 aromatic heterocycles. The number of hydrogen-bond acceptors (Lipinski definition) is 2. The monoisotopic (exact) mass is 304 g/mol. The van der Waals surface area contributed by atoms with Crippen molar-refractivity contribution in [3.63, 3.8) is 0 Å². The molecular formula is C19H16N2O2. The van der Waals surface area contributed by atoms with Gasteiger partial charge in [-0.05, 0) is 34.7 Å². The second kappa shape index (κ2) is 5.09. The summed E-state index contributed by atoms with van der Waals surface area (Å²) < 4.78 is 0. The van der Waals surface area contributed by atoms with Crippen molar-refractivity contribution in [3.05, 3.63) is 63.9 Å². The highest BCUT2D eigenvalue weighted by Crippen LogP contribution is 2.38. The number of rotatable bonds is 2. The van der Waals surface area contributed by atoms with Crippen LogP contribution in [-0.4, -0.2) is 10.9 Å². The van der Waals surface area contributed by atoms with Gasteiger partial charge in [0, 0.05) is 29.5 Å². The second-order valence-corrected chi connectivity index (χ2v) is 5.80. The van der Waals surface area contributed by atoms with Gasteiger partial charge < -0.3 is 10.3 Å². The minimum absolute atomic E-state index is 0.000632. The number of aromatic nitrogens is 1. The summed E-state index contributed by atoms with van der Waals surface area (Å²) in [7, 11) is 0. The number of amides is 1. The summed E-state index contributed by atoms with van der Waals surface area (Å²) in [5.41, 5.74) is 4.95. The fourth-order valence-electron chi connectivity index (χ4n) is 3.25. The van der Waals surface area contributed by atoms with Gasteiger partial charge in [-0.1, -0.05) is 31.2 Å². The van der Waals surface area contributed by atoms with Crippen LogP contribution < -0.4 is 10.9 Å².